The van der Waals surface area contributed by atoms with Gasteiger partial charge in [-0.05, 0) is 31.7 Å². The molecule has 2 aliphatic heterocycles. The molecule has 0 bridgehead atoms. The minimum atomic E-state index is -0.106. The van der Waals surface area contributed by atoms with Crippen LogP contribution in [0, 0.1) is 0 Å². The van der Waals surface area contributed by atoms with Crippen LogP contribution < -0.4 is 0 Å². The number of aryl methyl sites for hydroxylation is 2. The van der Waals surface area contributed by atoms with Crippen LogP contribution in [-0.2, 0) is 18.3 Å². The second-order valence-electron chi connectivity index (χ2n) is 7.55. The van der Waals surface area contributed by atoms with Crippen LogP contribution in [0.3, 0.4) is 0 Å². The van der Waals surface area contributed by atoms with Crippen LogP contribution in [0.25, 0.3) is 0 Å². The summed E-state index contributed by atoms with van der Waals surface area (Å²) in [6.07, 6.45) is 7.22. The van der Waals surface area contributed by atoms with Gasteiger partial charge in [0.2, 0.25) is 0 Å². The molecular weight excluding hydrogens is 374 g/mol. The molecule has 0 N–H and O–H groups in total. The number of carbonyl (C=O) groups excluding carboxylic acids is 2. The number of ether oxygens (including phenoxy) is 1. The molecule has 156 valence electrons. The predicted octanol–water partition coefficient (Wildman–Crippen LogP) is 0.569. The summed E-state index contributed by atoms with van der Waals surface area (Å²) in [5.41, 5.74) is 0.967. The third-order valence-electron chi connectivity index (χ3n) is 5.68. The van der Waals surface area contributed by atoms with Crippen molar-refractivity contribution in [2.75, 3.05) is 32.8 Å². The minimum absolute atomic E-state index is 0.0245. The highest BCUT2D eigenvalue weighted by Crippen LogP contribution is 2.22. The molecule has 0 saturated carbocycles. The van der Waals surface area contributed by atoms with E-state index in [0.29, 0.717) is 44.2 Å². The molecule has 2 aliphatic rings. The SMILES string of the molecule is Cn1nccc1C(=O)N1CCCCC1CCn1cc(C(=O)N2CCOCC2)nn1. The third kappa shape index (κ3) is 4.31. The number of rotatable bonds is 5. The predicted molar refractivity (Wildman–Crippen MR) is 103 cm³/mol. The van der Waals surface area contributed by atoms with Crippen LogP contribution in [0.2, 0.25) is 0 Å². The van der Waals surface area contributed by atoms with E-state index < -0.39 is 0 Å². The summed E-state index contributed by atoms with van der Waals surface area (Å²) in [6.45, 7) is 3.65. The molecule has 0 spiro atoms. The van der Waals surface area contributed by atoms with Crippen LogP contribution in [0.1, 0.15) is 46.7 Å². The highest BCUT2D eigenvalue weighted by molar-refractivity contribution is 5.93. The molecule has 10 heteroatoms. The van der Waals surface area contributed by atoms with Crippen molar-refractivity contribution < 1.29 is 14.3 Å². The molecule has 0 radical (unpaired) electrons. The van der Waals surface area contributed by atoms with E-state index in [1.807, 2.05) is 4.90 Å². The van der Waals surface area contributed by atoms with E-state index in [0.717, 1.165) is 32.2 Å². The van der Waals surface area contributed by atoms with Crippen LogP contribution in [-0.4, -0.2) is 85.3 Å². The average Bonchev–Trinajstić information content (AvgIpc) is 3.41. The van der Waals surface area contributed by atoms with E-state index in [2.05, 4.69) is 15.4 Å². The van der Waals surface area contributed by atoms with Gasteiger partial charge in [-0.15, -0.1) is 5.10 Å². The zero-order valence-corrected chi connectivity index (χ0v) is 16.7. The lowest BCUT2D eigenvalue weighted by molar-refractivity contribution is 0.0299. The van der Waals surface area contributed by atoms with Crippen molar-refractivity contribution in [1.82, 2.24) is 34.6 Å². The second kappa shape index (κ2) is 8.73. The van der Waals surface area contributed by atoms with Crippen molar-refractivity contribution >= 4 is 11.8 Å². The van der Waals surface area contributed by atoms with Gasteiger partial charge in [-0.25, -0.2) is 0 Å². The van der Waals surface area contributed by atoms with Crippen molar-refractivity contribution in [2.24, 2.45) is 7.05 Å². The fraction of sp³-hybridized carbons (Fsp3) is 0.632. The number of nitrogens with zero attached hydrogens (tertiary/aromatic N) is 7. The Kier molecular flexibility index (Phi) is 5.89. The molecular formula is C19H27N7O3. The standard InChI is InChI=1S/C19H27N7O3/c1-23-17(5-7-20-23)19(28)26-8-3-2-4-15(26)6-9-25-14-16(21-22-25)18(27)24-10-12-29-13-11-24/h5,7,14-15H,2-4,6,8-13H2,1H3. The molecule has 10 nitrogen and oxygen atoms in total. The van der Waals surface area contributed by atoms with Gasteiger partial charge in [-0.3, -0.25) is 19.0 Å². The van der Waals surface area contributed by atoms with Gasteiger partial charge in [0.15, 0.2) is 5.69 Å². The van der Waals surface area contributed by atoms with Gasteiger partial charge in [-0.2, -0.15) is 5.10 Å². The van der Waals surface area contributed by atoms with Gasteiger partial charge in [0.05, 0.1) is 19.4 Å². The molecule has 1 atom stereocenters. The molecule has 0 aliphatic carbocycles. The number of aromatic nitrogens is 5. The zero-order chi connectivity index (χ0) is 20.2. The Labute approximate surface area is 169 Å². The molecule has 4 heterocycles. The maximum atomic E-state index is 12.9. The van der Waals surface area contributed by atoms with E-state index in [4.69, 9.17) is 4.74 Å². The van der Waals surface area contributed by atoms with Crippen molar-refractivity contribution in [1.29, 1.82) is 0 Å². The first-order valence-electron chi connectivity index (χ1n) is 10.2. The van der Waals surface area contributed by atoms with Crippen molar-refractivity contribution in [2.45, 2.75) is 38.3 Å². The monoisotopic (exact) mass is 401 g/mol. The van der Waals surface area contributed by atoms with Gasteiger partial charge < -0.3 is 14.5 Å². The van der Waals surface area contributed by atoms with Gasteiger partial charge in [0.1, 0.15) is 5.69 Å². The lowest BCUT2D eigenvalue weighted by Gasteiger charge is -2.35. The van der Waals surface area contributed by atoms with Crippen LogP contribution in [0.5, 0.6) is 0 Å². The Morgan fingerprint density at radius 1 is 1.17 bits per heavy atom. The highest BCUT2D eigenvalue weighted by atomic mass is 16.5. The molecule has 1 unspecified atom stereocenters. The van der Waals surface area contributed by atoms with E-state index >= 15 is 0 Å². The first-order chi connectivity index (χ1) is 14.1. The number of likely N-dealkylation sites (tertiary alicyclic amines) is 1. The maximum Gasteiger partial charge on any atom is 0.276 e. The molecule has 4 rings (SSSR count). The summed E-state index contributed by atoms with van der Waals surface area (Å²) >= 11 is 0. The summed E-state index contributed by atoms with van der Waals surface area (Å²) in [5, 5.41) is 12.3. The second-order valence-corrected chi connectivity index (χ2v) is 7.55. The Morgan fingerprint density at radius 3 is 2.76 bits per heavy atom. The third-order valence-corrected chi connectivity index (χ3v) is 5.68. The number of morpholine rings is 1. The Morgan fingerprint density at radius 2 is 2.00 bits per heavy atom. The fourth-order valence-electron chi connectivity index (χ4n) is 4.01. The normalized spacial score (nSPS) is 20.1. The number of hydrogen-bond acceptors (Lipinski definition) is 6. The first-order valence-corrected chi connectivity index (χ1v) is 10.2. The summed E-state index contributed by atoms with van der Waals surface area (Å²) in [5.74, 6) is -0.0818. The number of hydrogen-bond donors (Lipinski definition) is 0. The summed E-state index contributed by atoms with van der Waals surface area (Å²) < 4.78 is 8.61. The molecule has 2 fully saturated rings. The van der Waals surface area contributed by atoms with Crippen LogP contribution in [0.4, 0.5) is 0 Å². The van der Waals surface area contributed by atoms with E-state index in [-0.39, 0.29) is 17.9 Å². The zero-order valence-electron chi connectivity index (χ0n) is 16.7. The van der Waals surface area contributed by atoms with Crippen molar-refractivity contribution in [3.63, 3.8) is 0 Å². The smallest absolute Gasteiger partial charge is 0.276 e. The molecule has 2 aromatic heterocycles. The highest BCUT2D eigenvalue weighted by Gasteiger charge is 2.29. The average molecular weight is 401 g/mol. The lowest BCUT2D eigenvalue weighted by Crippen LogP contribution is -2.44. The number of carbonyl (C=O) groups is 2. The summed E-state index contributed by atoms with van der Waals surface area (Å²) in [7, 11) is 1.79. The van der Waals surface area contributed by atoms with Gasteiger partial charge in [0, 0.05) is 45.5 Å². The lowest BCUT2D eigenvalue weighted by atomic mass is 9.99. The number of amides is 2. The van der Waals surface area contributed by atoms with E-state index in [1.165, 1.54) is 0 Å². The van der Waals surface area contributed by atoms with Crippen LogP contribution in [0.15, 0.2) is 18.5 Å². The van der Waals surface area contributed by atoms with Gasteiger partial charge in [0.25, 0.3) is 11.8 Å². The number of piperidine rings is 1. The van der Waals surface area contributed by atoms with Crippen molar-refractivity contribution in [3.8, 4) is 0 Å². The fourth-order valence-corrected chi connectivity index (χ4v) is 4.01. The van der Waals surface area contributed by atoms with Crippen molar-refractivity contribution in [3.05, 3.63) is 29.8 Å². The Hall–Kier alpha value is -2.75. The van der Waals surface area contributed by atoms with E-state index in [9.17, 15) is 9.59 Å². The molecule has 2 amide bonds. The quantitative estimate of drug-likeness (QED) is 0.726. The summed E-state index contributed by atoms with van der Waals surface area (Å²) in [6, 6.07) is 1.91. The Balaban J connectivity index is 1.37. The Bertz CT molecular complexity index is 856. The van der Waals surface area contributed by atoms with Gasteiger partial charge in [-0.1, -0.05) is 5.21 Å². The molecule has 29 heavy (non-hydrogen) atoms. The van der Waals surface area contributed by atoms with Crippen LogP contribution >= 0.6 is 0 Å². The molecule has 0 aromatic carbocycles. The van der Waals surface area contributed by atoms with Gasteiger partial charge >= 0.3 is 0 Å². The largest absolute Gasteiger partial charge is 0.378 e. The topological polar surface area (TPSA) is 98.4 Å². The minimum Gasteiger partial charge on any atom is -0.378 e. The maximum absolute atomic E-state index is 12.9. The van der Waals surface area contributed by atoms with E-state index in [1.54, 1.807) is 39.8 Å². The molecule has 2 saturated heterocycles. The molecule has 2 aromatic rings. The summed E-state index contributed by atoms with van der Waals surface area (Å²) in [4.78, 5) is 29.2. The first kappa shape index (κ1) is 19.6.